The van der Waals surface area contributed by atoms with E-state index in [2.05, 4.69) is 11.2 Å². The van der Waals surface area contributed by atoms with Gasteiger partial charge in [-0.15, -0.1) is 6.42 Å². The van der Waals surface area contributed by atoms with E-state index in [1.165, 1.54) is 0 Å². The standard InChI is InChI=1S/C11H11NO/c1-2-8-12-11(13)9-10-6-4-3-5-7-10/h1,3-7H,8-9H2,(H,12,13). The van der Waals surface area contributed by atoms with Crippen LogP contribution in [0.15, 0.2) is 30.3 Å². The van der Waals surface area contributed by atoms with E-state index < -0.39 is 0 Å². The lowest BCUT2D eigenvalue weighted by atomic mass is 10.1. The van der Waals surface area contributed by atoms with Gasteiger partial charge >= 0.3 is 0 Å². The minimum Gasteiger partial charge on any atom is -0.345 e. The zero-order valence-electron chi connectivity index (χ0n) is 7.29. The lowest BCUT2D eigenvalue weighted by Crippen LogP contribution is -2.25. The second kappa shape index (κ2) is 5.00. The van der Waals surface area contributed by atoms with Gasteiger partial charge in [-0.3, -0.25) is 4.79 Å². The van der Waals surface area contributed by atoms with Crippen LogP contribution in [-0.4, -0.2) is 12.5 Å². The van der Waals surface area contributed by atoms with Crippen LogP contribution in [0.1, 0.15) is 5.56 Å². The number of hydrogen-bond acceptors (Lipinski definition) is 1. The summed E-state index contributed by atoms with van der Waals surface area (Å²) in [7, 11) is 0. The van der Waals surface area contributed by atoms with Crippen molar-refractivity contribution in [2.45, 2.75) is 6.42 Å². The third-order valence-electron chi connectivity index (χ3n) is 1.60. The van der Waals surface area contributed by atoms with E-state index in [1.54, 1.807) is 0 Å². The summed E-state index contributed by atoms with van der Waals surface area (Å²) >= 11 is 0. The monoisotopic (exact) mass is 173 g/mol. The molecule has 0 spiro atoms. The quantitative estimate of drug-likeness (QED) is 0.678. The molecule has 66 valence electrons. The molecule has 0 saturated carbocycles. The predicted octanol–water partition coefficient (Wildman–Crippen LogP) is 0.978. The van der Waals surface area contributed by atoms with Crippen molar-refractivity contribution < 1.29 is 4.79 Å². The van der Waals surface area contributed by atoms with Crippen LogP contribution in [0.5, 0.6) is 0 Å². The predicted molar refractivity (Wildman–Crippen MR) is 52.0 cm³/mol. The second-order valence-electron chi connectivity index (χ2n) is 2.64. The van der Waals surface area contributed by atoms with Crippen molar-refractivity contribution in [2.24, 2.45) is 0 Å². The molecule has 0 fully saturated rings. The minimum atomic E-state index is -0.0378. The Labute approximate surface area is 78.0 Å². The Morgan fingerprint density at radius 2 is 2.08 bits per heavy atom. The molecule has 0 aliphatic rings. The summed E-state index contributed by atoms with van der Waals surface area (Å²) in [6.07, 6.45) is 5.40. The van der Waals surface area contributed by atoms with Gasteiger partial charge in [0.1, 0.15) is 0 Å². The molecule has 1 amide bonds. The van der Waals surface area contributed by atoms with Crippen molar-refractivity contribution in [1.82, 2.24) is 5.32 Å². The van der Waals surface area contributed by atoms with E-state index in [1.807, 2.05) is 30.3 Å². The lowest BCUT2D eigenvalue weighted by Gasteiger charge is -2.00. The summed E-state index contributed by atoms with van der Waals surface area (Å²) in [5.74, 6) is 2.31. The molecule has 0 unspecified atom stereocenters. The van der Waals surface area contributed by atoms with Gasteiger partial charge in [0.15, 0.2) is 0 Å². The molecule has 0 radical (unpaired) electrons. The molecule has 0 aliphatic heterocycles. The van der Waals surface area contributed by atoms with E-state index in [0.717, 1.165) is 5.56 Å². The number of terminal acetylenes is 1. The summed E-state index contributed by atoms with van der Waals surface area (Å²) in [6, 6.07) is 9.56. The third kappa shape index (κ3) is 3.44. The summed E-state index contributed by atoms with van der Waals surface area (Å²) in [5.41, 5.74) is 0.997. The van der Waals surface area contributed by atoms with Crippen LogP contribution in [-0.2, 0) is 11.2 Å². The molecule has 0 bridgehead atoms. The fraction of sp³-hybridized carbons (Fsp3) is 0.182. The van der Waals surface area contributed by atoms with Crippen LogP contribution in [0.4, 0.5) is 0 Å². The van der Waals surface area contributed by atoms with Crippen molar-refractivity contribution in [2.75, 3.05) is 6.54 Å². The molecule has 13 heavy (non-hydrogen) atoms. The Hall–Kier alpha value is -1.75. The molecule has 0 aromatic heterocycles. The molecule has 1 rings (SSSR count). The second-order valence-corrected chi connectivity index (χ2v) is 2.64. The highest BCUT2D eigenvalue weighted by molar-refractivity contribution is 5.78. The Bertz CT molecular complexity index is 311. The molecule has 0 aliphatic carbocycles. The normalized spacial score (nSPS) is 8.85. The number of benzene rings is 1. The van der Waals surface area contributed by atoms with Crippen molar-refractivity contribution in [3.63, 3.8) is 0 Å². The first kappa shape index (κ1) is 9.34. The highest BCUT2D eigenvalue weighted by Gasteiger charge is 1.99. The molecular weight excluding hydrogens is 162 g/mol. The zero-order valence-corrected chi connectivity index (χ0v) is 7.29. The Kier molecular flexibility index (Phi) is 3.59. The van der Waals surface area contributed by atoms with Crippen LogP contribution in [0.3, 0.4) is 0 Å². The van der Waals surface area contributed by atoms with Gasteiger partial charge in [-0.05, 0) is 5.56 Å². The van der Waals surface area contributed by atoms with E-state index >= 15 is 0 Å². The van der Waals surface area contributed by atoms with Gasteiger partial charge in [0.25, 0.3) is 0 Å². The first-order chi connectivity index (χ1) is 6.33. The summed E-state index contributed by atoms with van der Waals surface area (Å²) < 4.78 is 0. The summed E-state index contributed by atoms with van der Waals surface area (Å²) in [4.78, 5) is 11.2. The van der Waals surface area contributed by atoms with Crippen LogP contribution in [0.25, 0.3) is 0 Å². The zero-order chi connectivity index (χ0) is 9.52. The van der Waals surface area contributed by atoms with Crippen molar-refractivity contribution in [1.29, 1.82) is 0 Å². The van der Waals surface area contributed by atoms with Gasteiger partial charge in [-0.2, -0.15) is 0 Å². The van der Waals surface area contributed by atoms with Gasteiger partial charge in [0, 0.05) is 0 Å². The van der Waals surface area contributed by atoms with Crippen molar-refractivity contribution >= 4 is 5.91 Å². The van der Waals surface area contributed by atoms with Crippen molar-refractivity contribution in [3.8, 4) is 12.3 Å². The average Bonchev–Trinajstić information content (AvgIpc) is 2.16. The fourth-order valence-corrected chi connectivity index (χ4v) is 0.993. The third-order valence-corrected chi connectivity index (χ3v) is 1.60. The maximum absolute atomic E-state index is 11.2. The average molecular weight is 173 g/mol. The minimum absolute atomic E-state index is 0.0378. The molecule has 1 N–H and O–H groups in total. The number of carbonyl (C=O) groups excluding carboxylic acids is 1. The molecular formula is C11H11NO. The molecule has 0 heterocycles. The molecule has 0 atom stereocenters. The summed E-state index contributed by atoms with van der Waals surface area (Å²) in [6.45, 7) is 0.297. The van der Waals surface area contributed by atoms with Gasteiger partial charge in [0.05, 0.1) is 13.0 Å². The van der Waals surface area contributed by atoms with Crippen molar-refractivity contribution in [3.05, 3.63) is 35.9 Å². The van der Waals surface area contributed by atoms with E-state index in [9.17, 15) is 4.79 Å². The Morgan fingerprint density at radius 3 is 2.69 bits per heavy atom. The topological polar surface area (TPSA) is 29.1 Å². The Morgan fingerprint density at radius 1 is 1.38 bits per heavy atom. The first-order valence-corrected chi connectivity index (χ1v) is 4.07. The lowest BCUT2D eigenvalue weighted by molar-refractivity contribution is -0.120. The van der Waals surface area contributed by atoms with Crippen LogP contribution < -0.4 is 5.32 Å². The largest absolute Gasteiger partial charge is 0.345 e. The SMILES string of the molecule is C#CCNC(=O)Cc1ccccc1. The Balaban J connectivity index is 2.42. The maximum Gasteiger partial charge on any atom is 0.225 e. The van der Waals surface area contributed by atoms with E-state index in [-0.39, 0.29) is 5.91 Å². The van der Waals surface area contributed by atoms with Crippen LogP contribution >= 0.6 is 0 Å². The highest BCUT2D eigenvalue weighted by atomic mass is 16.1. The maximum atomic E-state index is 11.2. The number of hydrogen-bond donors (Lipinski definition) is 1. The molecule has 0 saturated heterocycles. The van der Waals surface area contributed by atoms with E-state index in [0.29, 0.717) is 13.0 Å². The van der Waals surface area contributed by atoms with Gasteiger partial charge in [-0.25, -0.2) is 0 Å². The highest BCUT2D eigenvalue weighted by Crippen LogP contribution is 1.98. The van der Waals surface area contributed by atoms with Gasteiger partial charge in [-0.1, -0.05) is 36.3 Å². The smallest absolute Gasteiger partial charge is 0.225 e. The number of rotatable bonds is 3. The van der Waals surface area contributed by atoms with Gasteiger partial charge < -0.3 is 5.32 Å². The fourth-order valence-electron chi connectivity index (χ4n) is 0.993. The summed E-state index contributed by atoms with van der Waals surface area (Å²) in [5, 5.41) is 2.61. The number of nitrogens with one attached hydrogen (secondary N) is 1. The molecule has 2 heteroatoms. The van der Waals surface area contributed by atoms with E-state index in [4.69, 9.17) is 6.42 Å². The first-order valence-electron chi connectivity index (χ1n) is 4.07. The number of amides is 1. The molecule has 2 nitrogen and oxygen atoms in total. The molecule has 1 aromatic carbocycles. The van der Waals surface area contributed by atoms with Crippen LogP contribution in [0, 0.1) is 12.3 Å². The molecule has 1 aromatic rings. The van der Waals surface area contributed by atoms with Gasteiger partial charge in [0.2, 0.25) is 5.91 Å². The van der Waals surface area contributed by atoms with Crippen LogP contribution in [0.2, 0.25) is 0 Å². The number of carbonyl (C=O) groups is 1.